The Morgan fingerprint density at radius 3 is 2.28 bits per heavy atom. The topological polar surface area (TPSA) is 70.6 Å². The second-order valence-electron chi connectivity index (χ2n) is 5.15. The Kier molecular flexibility index (Phi) is 7.98. The molecule has 1 atom stereocenters. The molecule has 0 amide bonds. The van der Waals surface area contributed by atoms with Crippen LogP contribution in [0.25, 0.3) is 0 Å². The van der Waals surface area contributed by atoms with Crippen molar-refractivity contribution >= 4 is 15.8 Å². The summed E-state index contributed by atoms with van der Waals surface area (Å²) in [6, 6.07) is 0.0879. The zero-order valence-electron chi connectivity index (χ0n) is 12.2. The molecule has 1 unspecified atom stereocenters. The first-order chi connectivity index (χ1) is 8.24. The van der Waals surface area contributed by atoms with E-state index in [4.69, 9.17) is 0 Å². The van der Waals surface area contributed by atoms with Gasteiger partial charge in [0.1, 0.15) is 9.84 Å². The van der Waals surface area contributed by atoms with E-state index in [0.717, 1.165) is 18.9 Å². The zero-order valence-corrected chi connectivity index (χ0v) is 13.0. The molecule has 0 aromatic rings. The second-order valence-corrected chi connectivity index (χ2v) is 7.41. The Labute approximate surface area is 111 Å². The normalized spacial score (nSPS) is 14.7. The predicted octanol–water partition coefficient (Wildman–Crippen LogP) is 1.02. The van der Waals surface area contributed by atoms with Crippen molar-refractivity contribution in [3.8, 4) is 0 Å². The SMILES string of the molecule is CN=C(NCCC(C)C)NC(C)CCS(C)(=O)=O. The quantitative estimate of drug-likeness (QED) is 0.538. The van der Waals surface area contributed by atoms with Gasteiger partial charge in [-0.3, -0.25) is 4.99 Å². The first-order valence-electron chi connectivity index (χ1n) is 6.39. The van der Waals surface area contributed by atoms with Gasteiger partial charge in [-0.15, -0.1) is 0 Å². The molecule has 6 heteroatoms. The van der Waals surface area contributed by atoms with Crippen LogP contribution in [0.3, 0.4) is 0 Å². The maximum absolute atomic E-state index is 11.1. The Bertz CT molecular complexity index is 350. The summed E-state index contributed by atoms with van der Waals surface area (Å²) in [6.45, 7) is 7.18. The number of hydrogen-bond acceptors (Lipinski definition) is 3. The van der Waals surface area contributed by atoms with Crippen molar-refractivity contribution in [3.05, 3.63) is 0 Å². The molecule has 18 heavy (non-hydrogen) atoms. The van der Waals surface area contributed by atoms with E-state index in [2.05, 4.69) is 29.5 Å². The van der Waals surface area contributed by atoms with Gasteiger partial charge >= 0.3 is 0 Å². The molecule has 0 aliphatic carbocycles. The van der Waals surface area contributed by atoms with Crippen LogP contribution in [-0.4, -0.2) is 46.0 Å². The third kappa shape index (κ3) is 10.4. The van der Waals surface area contributed by atoms with Crippen LogP contribution >= 0.6 is 0 Å². The molecule has 0 rings (SSSR count). The number of sulfone groups is 1. The highest BCUT2D eigenvalue weighted by Gasteiger charge is 2.09. The zero-order chi connectivity index (χ0) is 14.2. The van der Waals surface area contributed by atoms with E-state index in [1.807, 2.05) is 6.92 Å². The van der Waals surface area contributed by atoms with Crippen LogP contribution in [0.1, 0.15) is 33.6 Å². The van der Waals surface area contributed by atoms with E-state index in [9.17, 15) is 8.42 Å². The molecule has 108 valence electrons. The van der Waals surface area contributed by atoms with Crippen LogP contribution in [0.2, 0.25) is 0 Å². The van der Waals surface area contributed by atoms with Crippen LogP contribution in [0.15, 0.2) is 4.99 Å². The molecular formula is C12H27N3O2S. The predicted molar refractivity (Wildman–Crippen MR) is 77.7 cm³/mol. The van der Waals surface area contributed by atoms with Gasteiger partial charge in [-0.05, 0) is 25.7 Å². The number of guanidine groups is 1. The van der Waals surface area contributed by atoms with E-state index < -0.39 is 9.84 Å². The van der Waals surface area contributed by atoms with E-state index in [0.29, 0.717) is 12.3 Å². The summed E-state index contributed by atoms with van der Waals surface area (Å²) < 4.78 is 22.1. The molecular weight excluding hydrogens is 250 g/mol. The second kappa shape index (κ2) is 8.34. The van der Waals surface area contributed by atoms with Crippen molar-refractivity contribution in [3.63, 3.8) is 0 Å². The lowest BCUT2D eigenvalue weighted by Gasteiger charge is -2.18. The number of aliphatic imine (C=N–C) groups is 1. The van der Waals surface area contributed by atoms with E-state index >= 15 is 0 Å². The van der Waals surface area contributed by atoms with Gasteiger partial charge in [0.25, 0.3) is 0 Å². The molecule has 0 aliphatic heterocycles. The number of hydrogen-bond donors (Lipinski definition) is 2. The number of rotatable bonds is 7. The molecule has 0 fully saturated rings. The largest absolute Gasteiger partial charge is 0.356 e. The first kappa shape index (κ1) is 17.2. The summed E-state index contributed by atoms with van der Waals surface area (Å²) in [5.41, 5.74) is 0. The number of nitrogens with zero attached hydrogens (tertiary/aromatic N) is 1. The summed E-state index contributed by atoms with van der Waals surface area (Å²) in [4.78, 5) is 4.11. The highest BCUT2D eigenvalue weighted by Crippen LogP contribution is 1.97. The van der Waals surface area contributed by atoms with Gasteiger partial charge in [-0.25, -0.2) is 8.42 Å². The molecule has 2 N–H and O–H groups in total. The van der Waals surface area contributed by atoms with Crippen molar-refractivity contribution in [2.75, 3.05) is 25.6 Å². The van der Waals surface area contributed by atoms with Gasteiger partial charge in [0, 0.05) is 25.9 Å². The fourth-order valence-electron chi connectivity index (χ4n) is 1.37. The van der Waals surface area contributed by atoms with Crippen molar-refractivity contribution < 1.29 is 8.42 Å². The van der Waals surface area contributed by atoms with Crippen molar-refractivity contribution in [2.45, 2.75) is 39.7 Å². The van der Waals surface area contributed by atoms with Crippen molar-refractivity contribution in [1.82, 2.24) is 10.6 Å². The van der Waals surface area contributed by atoms with Gasteiger partial charge in [-0.1, -0.05) is 13.8 Å². The maximum atomic E-state index is 11.1. The third-order valence-corrected chi connectivity index (χ3v) is 3.52. The Balaban J connectivity index is 3.98. The fraction of sp³-hybridized carbons (Fsp3) is 0.917. The summed E-state index contributed by atoms with van der Waals surface area (Å²) in [5.74, 6) is 1.58. The standard InChI is InChI=1S/C12H27N3O2S/c1-10(2)6-8-14-12(13-4)15-11(3)7-9-18(5,16)17/h10-11H,6-9H2,1-5H3,(H2,13,14,15). The maximum Gasteiger partial charge on any atom is 0.191 e. The summed E-state index contributed by atoms with van der Waals surface area (Å²) in [5, 5.41) is 6.41. The highest BCUT2D eigenvalue weighted by molar-refractivity contribution is 7.90. The Morgan fingerprint density at radius 1 is 1.22 bits per heavy atom. The third-order valence-electron chi connectivity index (χ3n) is 2.54. The molecule has 0 spiro atoms. The van der Waals surface area contributed by atoms with Gasteiger partial charge in [0.15, 0.2) is 5.96 Å². The summed E-state index contributed by atoms with van der Waals surface area (Å²) in [6.07, 6.45) is 2.93. The van der Waals surface area contributed by atoms with Crippen LogP contribution < -0.4 is 10.6 Å². The van der Waals surface area contributed by atoms with Gasteiger partial charge in [-0.2, -0.15) is 0 Å². The molecule has 0 saturated heterocycles. The Morgan fingerprint density at radius 2 is 1.83 bits per heavy atom. The highest BCUT2D eigenvalue weighted by atomic mass is 32.2. The van der Waals surface area contributed by atoms with E-state index in [-0.39, 0.29) is 11.8 Å². The average molecular weight is 277 g/mol. The fourth-order valence-corrected chi connectivity index (χ4v) is 2.15. The van der Waals surface area contributed by atoms with Gasteiger partial charge < -0.3 is 10.6 Å². The molecule has 0 aromatic carbocycles. The lowest BCUT2D eigenvalue weighted by atomic mass is 10.1. The first-order valence-corrected chi connectivity index (χ1v) is 8.45. The minimum atomic E-state index is -2.89. The van der Waals surface area contributed by atoms with Crippen LogP contribution in [0, 0.1) is 5.92 Å². The lowest BCUT2D eigenvalue weighted by Crippen LogP contribution is -2.43. The average Bonchev–Trinajstić information content (AvgIpc) is 2.23. The molecule has 0 aliphatic rings. The van der Waals surface area contributed by atoms with Crippen molar-refractivity contribution in [1.29, 1.82) is 0 Å². The molecule has 0 radical (unpaired) electrons. The minimum Gasteiger partial charge on any atom is -0.356 e. The monoisotopic (exact) mass is 277 g/mol. The lowest BCUT2D eigenvalue weighted by molar-refractivity contribution is 0.560. The molecule has 5 nitrogen and oxygen atoms in total. The molecule has 0 heterocycles. The van der Waals surface area contributed by atoms with E-state index in [1.165, 1.54) is 6.26 Å². The van der Waals surface area contributed by atoms with Crippen LogP contribution in [0.4, 0.5) is 0 Å². The molecule has 0 bridgehead atoms. The Hall–Kier alpha value is -0.780. The summed E-state index contributed by atoms with van der Waals surface area (Å²) >= 11 is 0. The van der Waals surface area contributed by atoms with Crippen molar-refractivity contribution in [2.24, 2.45) is 10.9 Å². The smallest absolute Gasteiger partial charge is 0.191 e. The van der Waals surface area contributed by atoms with Crippen LogP contribution in [0.5, 0.6) is 0 Å². The molecule has 0 aromatic heterocycles. The van der Waals surface area contributed by atoms with Crippen LogP contribution in [-0.2, 0) is 9.84 Å². The minimum absolute atomic E-state index is 0.0879. The van der Waals surface area contributed by atoms with E-state index in [1.54, 1.807) is 7.05 Å². The molecule has 0 saturated carbocycles. The number of nitrogens with one attached hydrogen (secondary N) is 2. The van der Waals surface area contributed by atoms with Gasteiger partial charge in [0.2, 0.25) is 0 Å². The van der Waals surface area contributed by atoms with Gasteiger partial charge in [0.05, 0.1) is 5.75 Å². The summed E-state index contributed by atoms with van der Waals surface area (Å²) in [7, 11) is -1.17.